The Balaban J connectivity index is 1.70. The van der Waals surface area contributed by atoms with Gasteiger partial charge < -0.3 is 13.7 Å². The molecule has 0 radical (unpaired) electrons. The monoisotopic (exact) mass is 364 g/mol. The maximum absolute atomic E-state index is 11.7. The Hall–Kier alpha value is -1.93. The molecule has 0 spiro atoms. The molecule has 0 saturated carbocycles. The van der Waals surface area contributed by atoms with Crippen molar-refractivity contribution in [3.8, 4) is 0 Å². The second kappa shape index (κ2) is 7.53. The molecule has 2 aromatic heterocycles. The Morgan fingerprint density at radius 1 is 1.44 bits per heavy atom. The van der Waals surface area contributed by atoms with E-state index in [1.165, 1.54) is 20.0 Å². The third-order valence-corrected chi connectivity index (χ3v) is 4.89. The quantitative estimate of drug-likeness (QED) is 0.600. The average molecular weight is 364 g/mol. The van der Waals surface area contributed by atoms with Crippen LogP contribution in [0, 0.1) is 11.7 Å². The number of hydrogen-bond donors (Lipinski definition) is 0. The van der Waals surface area contributed by atoms with Gasteiger partial charge in [-0.3, -0.25) is 4.90 Å². The summed E-state index contributed by atoms with van der Waals surface area (Å²) in [5.41, 5.74) is 0.469. The summed E-state index contributed by atoms with van der Waals surface area (Å²) in [6, 6.07) is 1.74. The summed E-state index contributed by atoms with van der Waals surface area (Å²) in [5, 5.41) is 4.69. The van der Waals surface area contributed by atoms with E-state index in [2.05, 4.69) is 14.6 Å². The third kappa shape index (κ3) is 3.85. The molecule has 1 aliphatic rings. The van der Waals surface area contributed by atoms with Gasteiger partial charge in [0.15, 0.2) is 4.77 Å². The average Bonchev–Trinajstić information content (AvgIpc) is 2.97. The van der Waals surface area contributed by atoms with Crippen LogP contribution in [0.2, 0.25) is 0 Å². The predicted molar refractivity (Wildman–Crippen MR) is 94.9 cm³/mol. The van der Waals surface area contributed by atoms with Crippen LogP contribution >= 0.6 is 12.2 Å². The van der Waals surface area contributed by atoms with Crippen LogP contribution < -0.4 is 0 Å². The molecule has 2 aromatic rings. The van der Waals surface area contributed by atoms with Gasteiger partial charge in [-0.25, -0.2) is 9.48 Å². The van der Waals surface area contributed by atoms with Gasteiger partial charge in [0.05, 0.1) is 20.3 Å². The first-order chi connectivity index (χ1) is 12.0. The van der Waals surface area contributed by atoms with Crippen LogP contribution in [0.15, 0.2) is 10.5 Å². The van der Waals surface area contributed by atoms with Crippen LogP contribution in [-0.2, 0) is 30.9 Å². The predicted octanol–water partition coefficient (Wildman–Crippen LogP) is 2.92. The second-order valence-electron chi connectivity index (χ2n) is 6.49. The summed E-state index contributed by atoms with van der Waals surface area (Å²) in [5.74, 6) is 1.99. The minimum Gasteiger partial charge on any atom is -0.465 e. The highest BCUT2D eigenvalue weighted by atomic mass is 32.1. The van der Waals surface area contributed by atoms with Gasteiger partial charge in [0.2, 0.25) is 0 Å². The first-order valence-corrected chi connectivity index (χ1v) is 8.93. The number of aromatic nitrogens is 3. The summed E-state index contributed by atoms with van der Waals surface area (Å²) in [7, 11) is 3.34. The van der Waals surface area contributed by atoms with Crippen molar-refractivity contribution < 1.29 is 13.9 Å². The fourth-order valence-corrected chi connectivity index (χ4v) is 3.49. The van der Waals surface area contributed by atoms with Crippen LogP contribution in [0.3, 0.4) is 0 Å². The molecule has 0 unspecified atom stereocenters. The molecule has 0 fully saturated rings. The zero-order valence-electron chi connectivity index (χ0n) is 14.9. The molecule has 0 atom stereocenters. The van der Waals surface area contributed by atoms with E-state index in [0.717, 1.165) is 30.0 Å². The van der Waals surface area contributed by atoms with Gasteiger partial charge in [-0.15, -0.1) is 0 Å². The van der Waals surface area contributed by atoms with Crippen molar-refractivity contribution in [2.24, 2.45) is 0 Å². The zero-order valence-corrected chi connectivity index (χ0v) is 15.8. The fourth-order valence-electron chi connectivity index (χ4n) is 3.20. The third-order valence-electron chi connectivity index (χ3n) is 4.46. The number of ether oxygens (including phenoxy) is 1. The van der Waals surface area contributed by atoms with Gasteiger partial charge in [0.25, 0.3) is 0 Å². The van der Waals surface area contributed by atoms with Gasteiger partial charge in [0.1, 0.15) is 22.9 Å². The van der Waals surface area contributed by atoms with E-state index in [9.17, 15) is 4.79 Å². The molecule has 3 rings (SSSR count). The minimum atomic E-state index is -0.379. The molecule has 0 saturated heterocycles. The lowest BCUT2D eigenvalue weighted by Gasteiger charge is -2.14. The highest BCUT2D eigenvalue weighted by molar-refractivity contribution is 7.71. The molecule has 0 bridgehead atoms. The molecule has 0 aromatic carbocycles. The first kappa shape index (κ1) is 17.9. The summed E-state index contributed by atoms with van der Waals surface area (Å²) in [4.78, 5) is 13.7. The maximum Gasteiger partial charge on any atom is 0.341 e. The molecule has 0 N–H and O–H groups in total. The maximum atomic E-state index is 11.7. The molecule has 0 aliphatic carbocycles. The number of nitrogens with zero attached hydrogens (tertiary/aromatic N) is 4. The Bertz CT molecular complexity index is 820. The lowest BCUT2D eigenvalue weighted by atomic mass is 10.2. The Kier molecular flexibility index (Phi) is 5.39. The largest absolute Gasteiger partial charge is 0.465 e. The van der Waals surface area contributed by atoms with Crippen molar-refractivity contribution in [3.63, 3.8) is 0 Å². The van der Waals surface area contributed by atoms with Crippen LogP contribution in [0.5, 0.6) is 0 Å². The van der Waals surface area contributed by atoms with Crippen LogP contribution in [-0.4, -0.2) is 39.4 Å². The number of carbonyl (C=O) groups excluding carboxylic acids is 1. The summed E-state index contributed by atoms with van der Waals surface area (Å²) in [6.45, 7) is 3.85. The van der Waals surface area contributed by atoms with Crippen LogP contribution in [0.1, 0.15) is 47.0 Å². The molecular formula is C17H24N4O3S. The SMILES string of the molecule is COC(=O)c1cc(CN(C)Cn2nc3n(c2=S)CCCCC3)oc1C. The molecule has 136 valence electrons. The van der Waals surface area contributed by atoms with Gasteiger partial charge in [0, 0.05) is 13.0 Å². The van der Waals surface area contributed by atoms with Crippen molar-refractivity contribution in [3.05, 3.63) is 33.7 Å². The fraction of sp³-hybridized carbons (Fsp3) is 0.588. The Morgan fingerprint density at radius 3 is 3.00 bits per heavy atom. The van der Waals surface area contributed by atoms with E-state index in [1.54, 1.807) is 13.0 Å². The number of aryl methyl sites for hydroxylation is 2. The van der Waals surface area contributed by atoms with E-state index >= 15 is 0 Å². The number of methoxy groups -OCH3 is 1. The lowest BCUT2D eigenvalue weighted by Crippen LogP contribution is -2.22. The summed E-state index contributed by atoms with van der Waals surface area (Å²) in [6.07, 6.45) is 4.55. The van der Waals surface area contributed by atoms with E-state index in [1.807, 2.05) is 11.7 Å². The summed E-state index contributed by atoms with van der Waals surface area (Å²) >= 11 is 5.58. The van der Waals surface area contributed by atoms with Crippen molar-refractivity contribution in [2.45, 2.75) is 52.4 Å². The number of furan rings is 1. The van der Waals surface area contributed by atoms with E-state index in [4.69, 9.17) is 21.4 Å². The van der Waals surface area contributed by atoms with Crippen LogP contribution in [0.25, 0.3) is 0 Å². The lowest BCUT2D eigenvalue weighted by molar-refractivity contribution is 0.0599. The highest BCUT2D eigenvalue weighted by Gasteiger charge is 2.18. The zero-order chi connectivity index (χ0) is 18.0. The number of carbonyl (C=O) groups is 1. The van der Waals surface area contributed by atoms with E-state index < -0.39 is 0 Å². The molecule has 0 amide bonds. The van der Waals surface area contributed by atoms with Crippen molar-refractivity contribution >= 4 is 18.2 Å². The van der Waals surface area contributed by atoms with Gasteiger partial charge >= 0.3 is 5.97 Å². The molecule has 7 nitrogen and oxygen atoms in total. The Labute approximate surface area is 152 Å². The van der Waals surface area contributed by atoms with Gasteiger partial charge in [-0.1, -0.05) is 6.42 Å². The Morgan fingerprint density at radius 2 is 2.24 bits per heavy atom. The molecule has 25 heavy (non-hydrogen) atoms. The topological polar surface area (TPSA) is 65.4 Å². The van der Waals surface area contributed by atoms with E-state index in [-0.39, 0.29) is 5.97 Å². The first-order valence-electron chi connectivity index (χ1n) is 8.52. The molecule has 1 aliphatic heterocycles. The highest BCUT2D eigenvalue weighted by Crippen LogP contribution is 2.18. The van der Waals surface area contributed by atoms with Crippen molar-refractivity contribution in [2.75, 3.05) is 14.2 Å². The van der Waals surface area contributed by atoms with Crippen molar-refractivity contribution in [1.82, 2.24) is 19.2 Å². The summed E-state index contributed by atoms with van der Waals surface area (Å²) < 4.78 is 15.2. The van der Waals surface area contributed by atoms with E-state index in [0.29, 0.717) is 30.3 Å². The van der Waals surface area contributed by atoms with Gasteiger partial charge in [-0.2, -0.15) is 5.10 Å². The minimum absolute atomic E-state index is 0.379. The number of hydrogen-bond acceptors (Lipinski definition) is 6. The molecular weight excluding hydrogens is 340 g/mol. The number of esters is 1. The standard InChI is InChI=1S/C17H24N4O3S/c1-12-14(16(22)23-3)9-13(24-12)10-19(2)11-21-17(25)20-8-6-4-5-7-15(20)18-21/h9H,4-8,10-11H2,1-3H3. The second-order valence-corrected chi connectivity index (χ2v) is 6.86. The molecule has 8 heteroatoms. The molecule has 3 heterocycles. The number of fused-ring (bicyclic) bond motifs is 1. The number of rotatable bonds is 5. The smallest absolute Gasteiger partial charge is 0.341 e. The normalized spacial score (nSPS) is 14.4. The van der Waals surface area contributed by atoms with Crippen molar-refractivity contribution in [1.29, 1.82) is 0 Å². The van der Waals surface area contributed by atoms with Crippen LogP contribution in [0.4, 0.5) is 0 Å². The van der Waals surface area contributed by atoms with Gasteiger partial charge in [-0.05, 0) is 45.1 Å².